The first-order valence-electron chi connectivity index (χ1n) is 10.4. The van der Waals surface area contributed by atoms with E-state index in [2.05, 4.69) is 5.32 Å². The summed E-state index contributed by atoms with van der Waals surface area (Å²) in [5.41, 5.74) is -0.644. The van der Waals surface area contributed by atoms with Crippen LogP contribution in [0.2, 0.25) is 5.02 Å². The van der Waals surface area contributed by atoms with E-state index in [-0.39, 0.29) is 24.6 Å². The molecule has 182 valence electrons. The van der Waals surface area contributed by atoms with Gasteiger partial charge in [-0.3, -0.25) is 14.4 Å². The van der Waals surface area contributed by atoms with E-state index in [0.717, 1.165) is 12.5 Å². The summed E-state index contributed by atoms with van der Waals surface area (Å²) in [7, 11) is 0. The fourth-order valence-electron chi connectivity index (χ4n) is 3.33. The number of ether oxygens (including phenoxy) is 2. The molecule has 11 heteroatoms. The van der Waals surface area contributed by atoms with Gasteiger partial charge < -0.3 is 19.7 Å². The van der Waals surface area contributed by atoms with Crippen LogP contribution >= 0.6 is 11.6 Å². The van der Waals surface area contributed by atoms with Crippen molar-refractivity contribution in [3.63, 3.8) is 0 Å². The van der Waals surface area contributed by atoms with Gasteiger partial charge in [-0.05, 0) is 48.9 Å². The Bertz CT molecular complexity index is 1060. The molecule has 0 spiro atoms. The first-order valence-corrected chi connectivity index (χ1v) is 10.8. The molecule has 1 fully saturated rings. The minimum atomic E-state index is -4.69. The van der Waals surface area contributed by atoms with Crippen LogP contribution in [0.4, 0.5) is 24.5 Å². The van der Waals surface area contributed by atoms with Crippen LogP contribution in [0.5, 0.6) is 5.75 Å². The number of carbonyl (C=O) groups is 3. The summed E-state index contributed by atoms with van der Waals surface area (Å²) in [6, 6.07) is 9.78. The Morgan fingerprint density at radius 2 is 1.88 bits per heavy atom. The van der Waals surface area contributed by atoms with Crippen molar-refractivity contribution in [2.24, 2.45) is 5.92 Å². The number of hydrogen-bond donors (Lipinski definition) is 1. The van der Waals surface area contributed by atoms with E-state index in [9.17, 15) is 27.6 Å². The lowest BCUT2D eigenvalue weighted by Crippen LogP contribution is -2.28. The van der Waals surface area contributed by atoms with E-state index in [1.165, 1.54) is 11.0 Å². The van der Waals surface area contributed by atoms with Gasteiger partial charge in [-0.15, -0.1) is 0 Å². The fourth-order valence-corrected chi connectivity index (χ4v) is 3.55. The third-order valence-electron chi connectivity index (χ3n) is 4.98. The first-order chi connectivity index (χ1) is 16.1. The van der Waals surface area contributed by atoms with Gasteiger partial charge in [0.2, 0.25) is 5.91 Å². The van der Waals surface area contributed by atoms with E-state index in [1.54, 1.807) is 24.3 Å². The predicted molar refractivity (Wildman–Crippen MR) is 119 cm³/mol. The number of benzene rings is 2. The van der Waals surface area contributed by atoms with Crippen molar-refractivity contribution in [3.05, 3.63) is 53.1 Å². The zero-order valence-electron chi connectivity index (χ0n) is 18.2. The van der Waals surface area contributed by atoms with Crippen molar-refractivity contribution >= 4 is 40.8 Å². The SMILES string of the molecule is CCCOc1ccc(N2C[C@@H](C(=O)OCC(=O)Nc3ccc(Cl)c(C(F)(F)F)c3)CC2=O)cc1. The van der Waals surface area contributed by atoms with Gasteiger partial charge in [0.25, 0.3) is 5.91 Å². The number of hydrogen-bond acceptors (Lipinski definition) is 5. The third-order valence-corrected chi connectivity index (χ3v) is 5.31. The Morgan fingerprint density at radius 3 is 2.53 bits per heavy atom. The maximum Gasteiger partial charge on any atom is 0.417 e. The number of alkyl halides is 3. The van der Waals surface area contributed by atoms with Crippen molar-refractivity contribution in [3.8, 4) is 5.75 Å². The molecule has 0 aromatic heterocycles. The zero-order valence-corrected chi connectivity index (χ0v) is 18.9. The van der Waals surface area contributed by atoms with Crippen molar-refractivity contribution in [1.82, 2.24) is 0 Å². The van der Waals surface area contributed by atoms with Crippen molar-refractivity contribution in [1.29, 1.82) is 0 Å². The average Bonchev–Trinajstić information content (AvgIpc) is 3.18. The summed E-state index contributed by atoms with van der Waals surface area (Å²) in [6.07, 6.45) is -3.91. The van der Waals surface area contributed by atoms with Crippen LogP contribution in [0.1, 0.15) is 25.3 Å². The number of carbonyl (C=O) groups excluding carboxylic acids is 3. The molecule has 0 unspecified atom stereocenters. The minimum Gasteiger partial charge on any atom is -0.494 e. The van der Waals surface area contributed by atoms with E-state index in [1.807, 2.05) is 6.92 Å². The number of anilines is 2. The van der Waals surface area contributed by atoms with Gasteiger partial charge in [0.15, 0.2) is 6.61 Å². The molecule has 2 aromatic rings. The lowest BCUT2D eigenvalue weighted by atomic mass is 10.1. The quantitative estimate of drug-likeness (QED) is 0.534. The van der Waals surface area contributed by atoms with Crippen molar-refractivity contribution in [2.45, 2.75) is 25.9 Å². The van der Waals surface area contributed by atoms with Crippen LogP contribution < -0.4 is 15.0 Å². The molecule has 1 aliphatic heterocycles. The number of nitrogens with one attached hydrogen (secondary N) is 1. The number of esters is 1. The summed E-state index contributed by atoms with van der Waals surface area (Å²) >= 11 is 5.55. The molecule has 2 amide bonds. The minimum absolute atomic E-state index is 0.0827. The van der Waals surface area contributed by atoms with Gasteiger partial charge in [0.1, 0.15) is 5.75 Å². The Hall–Kier alpha value is -3.27. The summed E-state index contributed by atoms with van der Waals surface area (Å²) in [5, 5.41) is 1.72. The maximum atomic E-state index is 12.9. The van der Waals surface area contributed by atoms with E-state index in [0.29, 0.717) is 24.1 Å². The van der Waals surface area contributed by atoms with Crippen LogP contribution in [0, 0.1) is 5.92 Å². The van der Waals surface area contributed by atoms with E-state index in [4.69, 9.17) is 21.1 Å². The van der Waals surface area contributed by atoms with Crippen LogP contribution in [0.15, 0.2) is 42.5 Å². The second-order valence-electron chi connectivity index (χ2n) is 7.60. The monoisotopic (exact) mass is 498 g/mol. The molecule has 34 heavy (non-hydrogen) atoms. The highest BCUT2D eigenvalue weighted by molar-refractivity contribution is 6.31. The average molecular weight is 499 g/mol. The number of rotatable bonds is 8. The van der Waals surface area contributed by atoms with Gasteiger partial charge in [0.05, 0.1) is 23.1 Å². The second kappa shape index (κ2) is 10.8. The predicted octanol–water partition coefficient (Wildman–Crippen LogP) is 4.68. The lowest BCUT2D eigenvalue weighted by molar-refractivity contribution is -0.151. The van der Waals surface area contributed by atoms with Crippen LogP contribution in [-0.2, 0) is 25.3 Å². The molecular formula is C23H22ClF3N2O5. The summed E-state index contributed by atoms with van der Waals surface area (Å²) in [6.45, 7) is 1.93. The van der Waals surface area contributed by atoms with Gasteiger partial charge in [-0.25, -0.2) is 0 Å². The Labute approximate surface area is 198 Å². The molecule has 2 aromatic carbocycles. The topological polar surface area (TPSA) is 84.9 Å². The smallest absolute Gasteiger partial charge is 0.417 e. The molecule has 7 nitrogen and oxygen atoms in total. The highest BCUT2D eigenvalue weighted by Crippen LogP contribution is 2.36. The molecule has 1 heterocycles. The van der Waals surface area contributed by atoms with Crippen molar-refractivity contribution < 1.29 is 37.0 Å². The van der Waals surface area contributed by atoms with Gasteiger partial charge in [-0.2, -0.15) is 13.2 Å². The Morgan fingerprint density at radius 1 is 1.18 bits per heavy atom. The van der Waals surface area contributed by atoms with Crippen LogP contribution in [0.3, 0.4) is 0 Å². The molecule has 0 saturated carbocycles. The zero-order chi connectivity index (χ0) is 24.9. The van der Waals surface area contributed by atoms with Crippen LogP contribution in [-0.4, -0.2) is 37.5 Å². The largest absolute Gasteiger partial charge is 0.494 e. The molecule has 1 saturated heterocycles. The van der Waals surface area contributed by atoms with E-state index >= 15 is 0 Å². The molecule has 0 bridgehead atoms. The second-order valence-corrected chi connectivity index (χ2v) is 8.00. The van der Waals surface area contributed by atoms with Gasteiger partial charge >= 0.3 is 12.1 Å². The first kappa shape index (κ1) is 25.4. The number of halogens is 4. The highest BCUT2D eigenvalue weighted by atomic mass is 35.5. The summed E-state index contributed by atoms with van der Waals surface area (Å²) < 4.78 is 49.3. The molecular weight excluding hydrogens is 477 g/mol. The fraction of sp³-hybridized carbons (Fsp3) is 0.348. The highest BCUT2D eigenvalue weighted by Gasteiger charge is 2.36. The summed E-state index contributed by atoms with van der Waals surface area (Å²) in [5.74, 6) is -1.95. The molecule has 0 radical (unpaired) electrons. The Balaban J connectivity index is 1.52. The van der Waals surface area contributed by atoms with Gasteiger partial charge in [-0.1, -0.05) is 18.5 Å². The molecule has 3 rings (SSSR count). The lowest BCUT2D eigenvalue weighted by Gasteiger charge is -2.17. The number of amides is 2. The maximum absolute atomic E-state index is 12.9. The standard InChI is InChI=1S/C23H22ClF3N2O5/c1-2-9-33-17-6-4-16(5-7-17)29-12-14(10-21(29)31)22(32)34-13-20(30)28-15-3-8-19(24)18(11-15)23(25,26)27/h3-8,11,14H,2,9-10,12-13H2,1H3,(H,28,30)/t14-/m0/s1. The summed E-state index contributed by atoms with van der Waals surface area (Å²) in [4.78, 5) is 38.2. The van der Waals surface area contributed by atoms with Crippen LogP contribution in [0.25, 0.3) is 0 Å². The number of nitrogens with zero attached hydrogens (tertiary/aromatic N) is 1. The van der Waals surface area contributed by atoms with Crippen molar-refractivity contribution in [2.75, 3.05) is 30.0 Å². The third kappa shape index (κ3) is 6.40. The molecule has 1 aliphatic rings. The van der Waals surface area contributed by atoms with E-state index < -0.39 is 41.2 Å². The Kier molecular flexibility index (Phi) is 8.03. The van der Waals surface area contributed by atoms with Gasteiger partial charge in [0, 0.05) is 24.3 Å². The normalized spacial score (nSPS) is 15.9. The molecule has 1 atom stereocenters. The molecule has 1 N–H and O–H groups in total. The molecule has 0 aliphatic carbocycles.